The van der Waals surface area contributed by atoms with Crippen LogP contribution >= 0.6 is 0 Å². The van der Waals surface area contributed by atoms with Gasteiger partial charge in [-0.1, -0.05) is 30.3 Å². The maximum Gasteiger partial charge on any atom is 0.329 e. The number of carbonyl (C=O) groups is 1. The first-order valence-corrected chi connectivity index (χ1v) is 10.4. The molecule has 1 aromatic heterocycles. The van der Waals surface area contributed by atoms with E-state index in [9.17, 15) is 14.9 Å². The largest absolute Gasteiger partial charge is 0.361 e. The number of nitrogens with one attached hydrogen (secondary N) is 2. The van der Waals surface area contributed by atoms with E-state index in [1.807, 2.05) is 35.2 Å². The van der Waals surface area contributed by atoms with Crippen LogP contribution in [0.4, 0.5) is 17.5 Å². The third-order valence-corrected chi connectivity index (χ3v) is 5.50. The summed E-state index contributed by atoms with van der Waals surface area (Å²) in [6.45, 7) is 1.40. The summed E-state index contributed by atoms with van der Waals surface area (Å²) < 4.78 is 0. The van der Waals surface area contributed by atoms with Gasteiger partial charge in [0, 0.05) is 31.6 Å². The van der Waals surface area contributed by atoms with Crippen molar-refractivity contribution < 1.29 is 9.72 Å². The molecule has 0 radical (unpaired) electrons. The number of carbonyl (C=O) groups excluding carboxylic acids is 1. The van der Waals surface area contributed by atoms with Crippen molar-refractivity contribution in [1.82, 2.24) is 15.3 Å². The van der Waals surface area contributed by atoms with Crippen molar-refractivity contribution in [2.24, 2.45) is 0 Å². The number of rotatable bonds is 8. The number of aromatic nitrogens is 2. The van der Waals surface area contributed by atoms with Crippen LogP contribution in [0, 0.1) is 10.1 Å². The van der Waals surface area contributed by atoms with Gasteiger partial charge in [-0.25, -0.2) is 4.98 Å². The molecule has 0 spiro atoms. The maximum absolute atomic E-state index is 12.3. The van der Waals surface area contributed by atoms with Crippen LogP contribution in [0.1, 0.15) is 37.7 Å². The number of aryl methyl sites for hydroxylation is 1. The lowest BCUT2D eigenvalue weighted by molar-refractivity contribution is -0.384. The molecule has 1 saturated carbocycles. The topological polar surface area (TPSA) is 113 Å². The molecule has 1 saturated heterocycles. The molecule has 9 heteroatoms. The van der Waals surface area contributed by atoms with Gasteiger partial charge in [-0.3, -0.25) is 14.9 Å². The van der Waals surface area contributed by atoms with Gasteiger partial charge in [0.1, 0.15) is 6.20 Å². The molecule has 2 aliphatic rings. The zero-order valence-electron chi connectivity index (χ0n) is 16.8. The maximum atomic E-state index is 12.3. The Morgan fingerprint density at radius 2 is 1.87 bits per heavy atom. The van der Waals surface area contributed by atoms with Gasteiger partial charge in [-0.2, -0.15) is 4.98 Å². The van der Waals surface area contributed by atoms with E-state index < -0.39 is 4.92 Å². The highest BCUT2D eigenvalue weighted by molar-refractivity contribution is 5.76. The summed E-state index contributed by atoms with van der Waals surface area (Å²) in [6.07, 6.45) is 6.10. The van der Waals surface area contributed by atoms with Crippen LogP contribution in [0.2, 0.25) is 0 Å². The molecular weight excluding hydrogens is 384 g/mol. The van der Waals surface area contributed by atoms with Crippen LogP contribution < -0.4 is 15.5 Å². The summed E-state index contributed by atoms with van der Waals surface area (Å²) in [7, 11) is 0. The normalized spacial score (nSPS) is 16.9. The third-order valence-electron chi connectivity index (χ3n) is 5.50. The summed E-state index contributed by atoms with van der Waals surface area (Å²) in [5, 5.41) is 17.5. The Morgan fingerprint density at radius 1 is 1.13 bits per heavy atom. The minimum absolute atomic E-state index is 0.0693. The lowest BCUT2D eigenvalue weighted by Gasteiger charge is -2.32. The number of nitro groups is 1. The Balaban J connectivity index is 1.28. The fourth-order valence-corrected chi connectivity index (χ4v) is 3.61. The summed E-state index contributed by atoms with van der Waals surface area (Å²) in [6, 6.07) is 10.4. The van der Waals surface area contributed by atoms with Gasteiger partial charge in [0.15, 0.2) is 0 Å². The smallest absolute Gasteiger partial charge is 0.329 e. The fraction of sp³-hybridized carbons (Fsp3) is 0.476. The molecule has 158 valence electrons. The molecule has 0 bridgehead atoms. The zero-order chi connectivity index (χ0) is 20.9. The number of hydrogen-bond donors (Lipinski definition) is 2. The van der Waals surface area contributed by atoms with Crippen LogP contribution in [-0.4, -0.2) is 46.0 Å². The minimum Gasteiger partial charge on any atom is -0.361 e. The fourth-order valence-electron chi connectivity index (χ4n) is 3.61. The zero-order valence-corrected chi connectivity index (χ0v) is 16.8. The number of amides is 1. The first kappa shape index (κ1) is 20.1. The van der Waals surface area contributed by atoms with Gasteiger partial charge < -0.3 is 15.5 Å². The lowest BCUT2D eigenvalue weighted by Crippen LogP contribution is -2.45. The first-order chi connectivity index (χ1) is 14.6. The molecule has 2 aromatic rings. The average Bonchev–Trinajstić information content (AvgIpc) is 3.57. The van der Waals surface area contributed by atoms with Crippen LogP contribution in [0.5, 0.6) is 0 Å². The standard InChI is InChI=1S/C21H26N6O3/c28-19(9-6-15-4-2-1-3-5-15)23-17-10-12-26(13-11-17)21-22-14-18(27(29)30)20(25-21)24-16-7-8-16/h1-5,14,16-17H,6-13H2,(H,23,28)(H,22,24,25). The molecule has 9 nitrogen and oxygen atoms in total. The Bertz CT molecular complexity index is 895. The van der Waals surface area contributed by atoms with E-state index >= 15 is 0 Å². The number of piperidine rings is 1. The highest BCUT2D eigenvalue weighted by atomic mass is 16.6. The molecule has 1 amide bonds. The van der Waals surface area contributed by atoms with E-state index in [0.29, 0.717) is 31.3 Å². The van der Waals surface area contributed by atoms with Crippen molar-refractivity contribution in [2.75, 3.05) is 23.3 Å². The molecule has 2 N–H and O–H groups in total. The summed E-state index contributed by atoms with van der Waals surface area (Å²) >= 11 is 0. The molecule has 2 fully saturated rings. The van der Waals surface area contributed by atoms with Crippen molar-refractivity contribution in [2.45, 2.75) is 50.6 Å². The van der Waals surface area contributed by atoms with Crippen molar-refractivity contribution in [3.63, 3.8) is 0 Å². The highest BCUT2D eigenvalue weighted by Gasteiger charge is 2.28. The van der Waals surface area contributed by atoms with Gasteiger partial charge >= 0.3 is 5.69 Å². The van der Waals surface area contributed by atoms with Crippen molar-refractivity contribution in [3.05, 3.63) is 52.2 Å². The average molecular weight is 410 g/mol. The highest BCUT2D eigenvalue weighted by Crippen LogP contribution is 2.30. The van der Waals surface area contributed by atoms with E-state index in [4.69, 9.17) is 0 Å². The predicted molar refractivity (Wildman–Crippen MR) is 113 cm³/mol. The summed E-state index contributed by atoms with van der Waals surface area (Å²) in [4.78, 5) is 33.7. The summed E-state index contributed by atoms with van der Waals surface area (Å²) in [5.41, 5.74) is 1.07. The summed E-state index contributed by atoms with van der Waals surface area (Å²) in [5.74, 6) is 0.862. The van der Waals surface area contributed by atoms with Crippen molar-refractivity contribution in [1.29, 1.82) is 0 Å². The first-order valence-electron chi connectivity index (χ1n) is 10.4. The van der Waals surface area contributed by atoms with Gasteiger partial charge in [-0.05, 0) is 37.7 Å². The molecule has 1 aromatic carbocycles. The van der Waals surface area contributed by atoms with E-state index in [-0.39, 0.29) is 23.7 Å². The molecule has 2 heterocycles. The Morgan fingerprint density at radius 3 is 2.53 bits per heavy atom. The monoisotopic (exact) mass is 410 g/mol. The molecule has 0 unspecified atom stereocenters. The minimum atomic E-state index is -0.453. The Hall–Kier alpha value is -3.23. The molecule has 4 rings (SSSR count). The van der Waals surface area contributed by atoms with Crippen LogP contribution in [0.3, 0.4) is 0 Å². The predicted octanol–water partition coefficient (Wildman–Crippen LogP) is 2.68. The van der Waals surface area contributed by atoms with E-state index in [2.05, 4.69) is 20.6 Å². The molecule has 30 heavy (non-hydrogen) atoms. The molecular formula is C21H26N6O3. The second-order valence-corrected chi connectivity index (χ2v) is 7.89. The van der Waals surface area contributed by atoms with E-state index in [1.54, 1.807) is 0 Å². The Labute approximate surface area is 175 Å². The van der Waals surface area contributed by atoms with Gasteiger partial charge in [0.25, 0.3) is 0 Å². The molecule has 1 aliphatic carbocycles. The second-order valence-electron chi connectivity index (χ2n) is 7.89. The number of anilines is 2. The quantitative estimate of drug-likeness (QED) is 0.508. The second kappa shape index (κ2) is 9.06. The van der Waals surface area contributed by atoms with E-state index in [1.165, 1.54) is 6.20 Å². The van der Waals surface area contributed by atoms with Crippen LogP contribution in [-0.2, 0) is 11.2 Å². The third kappa shape index (κ3) is 5.22. The molecule has 0 atom stereocenters. The van der Waals surface area contributed by atoms with Gasteiger partial charge in [-0.15, -0.1) is 0 Å². The number of nitrogens with zero attached hydrogens (tertiary/aromatic N) is 4. The Kier molecular flexibility index (Phi) is 6.06. The van der Waals surface area contributed by atoms with Crippen LogP contribution in [0.15, 0.2) is 36.5 Å². The van der Waals surface area contributed by atoms with Gasteiger partial charge in [0.05, 0.1) is 4.92 Å². The lowest BCUT2D eigenvalue weighted by atomic mass is 10.0. The van der Waals surface area contributed by atoms with Crippen LogP contribution in [0.25, 0.3) is 0 Å². The number of hydrogen-bond acceptors (Lipinski definition) is 7. The van der Waals surface area contributed by atoms with Crippen molar-refractivity contribution in [3.8, 4) is 0 Å². The SMILES string of the molecule is O=C(CCc1ccccc1)NC1CCN(c2ncc([N+](=O)[O-])c(NC3CC3)n2)CC1. The van der Waals surface area contributed by atoms with Gasteiger partial charge in [0.2, 0.25) is 17.7 Å². The number of benzene rings is 1. The van der Waals surface area contributed by atoms with Crippen molar-refractivity contribution >= 4 is 23.4 Å². The van der Waals surface area contributed by atoms with E-state index in [0.717, 1.165) is 37.7 Å². The molecule has 1 aliphatic heterocycles.